The summed E-state index contributed by atoms with van der Waals surface area (Å²) in [5.41, 5.74) is 0.920. The molecule has 0 fully saturated rings. The quantitative estimate of drug-likeness (QED) is 0.525. The third-order valence-electron chi connectivity index (χ3n) is 3.54. The number of rotatable bonds is 6. The van der Waals surface area contributed by atoms with Crippen LogP contribution in [0.4, 0.5) is 5.69 Å². The van der Waals surface area contributed by atoms with Gasteiger partial charge in [-0.2, -0.15) is 0 Å². The fourth-order valence-electron chi connectivity index (χ4n) is 2.23. The number of anilines is 1. The smallest absolute Gasteiger partial charge is 0.269 e. The monoisotopic (exact) mass is 457 g/mol. The van der Waals surface area contributed by atoms with E-state index in [0.29, 0.717) is 17.2 Å². The maximum absolute atomic E-state index is 12.0. The summed E-state index contributed by atoms with van der Waals surface area (Å²) in [6, 6.07) is 12.1. The molecule has 0 atom stereocenters. The zero-order valence-electron chi connectivity index (χ0n) is 14.8. The van der Waals surface area contributed by atoms with Crippen LogP contribution in [0.5, 0.6) is 11.5 Å². The number of carbonyl (C=O) groups excluding carboxylic acids is 2. The Bertz CT molecular complexity index is 1020. The third-order valence-corrected chi connectivity index (χ3v) is 5.19. The molecule has 0 aliphatic heterocycles. The Morgan fingerprint density at radius 3 is 2.61 bits per heavy atom. The molecule has 3 rings (SSSR count). The summed E-state index contributed by atoms with van der Waals surface area (Å²) in [6.07, 6.45) is 4.75. The second-order valence-electron chi connectivity index (χ2n) is 5.57. The van der Waals surface area contributed by atoms with Gasteiger partial charge in [0.1, 0.15) is 17.2 Å². The Hall–Kier alpha value is -2.97. The Balaban J connectivity index is 1.59. The van der Waals surface area contributed by atoms with Crippen LogP contribution in [0.3, 0.4) is 0 Å². The molecule has 2 N–H and O–H groups in total. The van der Waals surface area contributed by atoms with Crippen molar-refractivity contribution in [3.05, 3.63) is 75.2 Å². The first-order chi connectivity index (χ1) is 13.5. The van der Waals surface area contributed by atoms with E-state index in [2.05, 4.69) is 31.5 Å². The van der Waals surface area contributed by atoms with Crippen LogP contribution >= 0.6 is 27.3 Å². The van der Waals surface area contributed by atoms with Crippen molar-refractivity contribution in [2.45, 2.75) is 0 Å². The number of hydrogen-bond donors (Lipinski definition) is 2. The number of hydrogen-bond acceptors (Lipinski definition) is 5. The highest BCUT2D eigenvalue weighted by Crippen LogP contribution is 2.24. The number of aromatic nitrogens is 1. The summed E-state index contributed by atoms with van der Waals surface area (Å²) < 4.78 is 6.72. The summed E-state index contributed by atoms with van der Waals surface area (Å²) >= 11 is 4.92. The lowest BCUT2D eigenvalue weighted by molar-refractivity contribution is -0.111. The summed E-state index contributed by atoms with van der Waals surface area (Å²) in [6.45, 7) is 0. The number of halogens is 1. The van der Waals surface area contributed by atoms with Gasteiger partial charge in [0.2, 0.25) is 5.91 Å². The molecule has 3 aromatic rings. The van der Waals surface area contributed by atoms with Crippen LogP contribution in [-0.4, -0.2) is 23.8 Å². The molecule has 28 heavy (non-hydrogen) atoms. The average Bonchev–Trinajstić information content (AvgIpc) is 3.13. The van der Waals surface area contributed by atoms with Crippen LogP contribution in [-0.2, 0) is 4.79 Å². The minimum atomic E-state index is -0.286. The summed E-state index contributed by atoms with van der Waals surface area (Å²) in [4.78, 5) is 28.6. The molecule has 0 aliphatic carbocycles. The van der Waals surface area contributed by atoms with Gasteiger partial charge in [0.05, 0.1) is 0 Å². The maximum atomic E-state index is 12.0. The number of ether oxygens (including phenoxy) is 1. The van der Waals surface area contributed by atoms with Crippen LogP contribution in [0.25, 0.3) is 6.08 Å². The molecule has 0 aliphatic rings. The van der Waals surface area contributed by atoms with Gasteiger partial charge in [0.25, 0.3) is 5.91 Å². The highest BCUT2D eigenvalue weighted by atomic mass is 79.9. The van der Waals surface area contributed by atoms with Crippen molar-refractivity contribution in [2.75, 3.05) is 12.4 Å². The van der Waals surface area contributed by atoms with E-state index in [4.69, 9.17) is 4.74 Å². The van der Waals surface area contributed by atoms with Crippen molar-refractivity contribution in [3.8, 4) is 11.5 Å². The minimum absolute atomic E-state index is 0.220. The van der Waals surface area contributed by atoms with Crippen molar-refractivity contribution in [1.29, 1.82) is 0 Å². The van der Waals surface area contributed by atoms with E-state index >= 15 is 0 Å². The predicted octanol–water partition coefficient (Wildman–Crippen LogP) is 4.71. The van der Waals surface area contributed by atoms with Gasteiger partial charge < -0.3 is 15.4 Å². The van der Waals surface area contributed by atoms with Crippen LogP contribution in [0.15, 0.2) is 64.6 Å². The van der Waals surface area contributed by atoms with E-state index in [1.54, 1.807) is 60.9 Å². The molecule has 2 heterocycles. The first kappa shape index (κ1) is 19.8. The predicted molar refractivity (Wildman–Crippen MR) is 114 cm³/mol. The van der Waals surface area contributed by atoms with E-state index in [-0.39, 0.29) is 17.5 Å². The largest absolute Gasteiger partial charge is 0.457 e. The fraction of sp³-hybridized carbons (Fsp3) is 0.0500. The van der Waals surface area contributed by atoms with Crippen LogP contribution < -0.4 is 15.4 Å². The minimum Gasteiger partial charge on any atom is -0.457 e. The Morgan fingerprint density at radius 1 is 1.14 bits per heavy atom. The molecule has 0 saturated heterocycles. The van der Waals surface area contributed by atoms with E-state index in [1.807, 2.05) is 11.4 Å². The lowest BCUT2D eigenvalue weighted by atomic mass is 10.3. The van der Waals surface area contributed by atoms with Crippen molar-refractivity contribution >= 4 is 50.8 Å². The van der Waals surface area contributed by atoms with E-state index < -0.39 is 0 Å². The van der Waals surface area contributed by atoms with Crippen LogP contribution in [0, 0.1) is 0 Å². The molecule has 8 heteroatoms. The molecule has 0 spiro atoms. The van der Waals surface area contributed by atoms with Crippen LogP contribution in [0.2, 0.25) is 0 Å². The number of pyridine rings is 1. The summed E-state index contributed by atoms with van der Waals surface area (Å²) in [5.74, 6) is 0.565. The molecule has 2 amide bonds. The van der Waals surface area contributed by atoms with Gasteiger partial charge in [-0.3, -0.25) is 14.6 Å². The zero-order valence-corrected chi connectivity index (χ0v) is 17.2. The standard InChI is InChI=1S/C20H16BrN3O3S/c1-22-20(26)18-11-16(8-9-23-18)27-15-4-2-14(3-5-15)24-19(25)7-6-17-10-13(21)12-28-17/h2-12H,1H3,(H,22,26)(H,24,25). The van der Waals surface area contributed by atoms with Crippen molar-refractivity contribution < 1.29 is 14.3 Å². The number of nitrogens with zero attached hydrogens (tertiary/aromatic N) is 1. The Kier molecular flexibility index (Phi) is 6.57. The Labute approximate surface area is 174 Å². The molecule has 0 bridgehead atoms. The first-order valence-corrected chi connectivity index (χ1v) is 9.90. The fourth-order valence-corrected chi connectivity index (χ4v) is 3.56. The number of amides is 2. The Morgan fingerprint density at radius 2 is 1.93 bits per heavy atom. The summed E-state index contributed by atoms with van der Waals surface area (Å²) in [5, 5.41) is 7.26. The SMILES string of the molecule is CNC(=O)c1cc(Oc2ccc(NC(=O)C=Cc3cc(Br)cs3)cc2)ccn1. The maximum Gasteiger partial charge on any atom is 0.269 e. The van der Waals surface area contributed by atoms with E-state index in [0.717, 1.165) is 9.35 Å². The van der Waals surface area contributed by atoms with Gasteiger partial charge in [-0.05, 0) is 58.4 Å². The number of nitrogens with one attached hydrogen (secondary N) is 2. The highest BCUT2D eigenvalue weighted by molar-refractivity contribution is 9.10. The van der Waals surface area contributed by atoms with Gasteiger partial charge in [-0.1, -0.05) is 0 Å². The highest BCUT2D eigenvalue weighted by Gasteiger charge is 2.07. The number of thiophene rings is 1. The lowest BCUT2D eigenvalue weighted by Gasteiger charge is -2.08. The molecule has 6 nitrogen and oxygen atoms in total. The molecule has 1 aromatic carbocycles. The zero-order chi connectivity index (χ0) is 19.9. The first-order valence-electron chi connectivity index (χ1n) is 8.22. The molecule has 2 aromatic heterocycles. The molecule has 0 unspecified atom stereocenters. The van der Waals surface area contributed by atoms with Gasteiger partial charge in [-0.15, -0.1) is 11.3 Å². The van der Waals surface area contributed by atoms with Crippen LogP contribution in [0.1, 0.15) is 15.4 Å². The van der Waals surface area contributed by atoms with Crippen molar-refractivity contribution in [3.63, 3.8) is 0 Å². The normalized spacial score (nSPS) is 10.6. The third kappa shape index (κ3) is 5.51. The molecule has 142 valence electrons. The average molecular weight is 458 g/mol. The molecular weight excluding hydrogens is 442 g/mol. The number of carbonyl (C=O) groups is 2. The molecular formula is C20H16BrN3O3S. The van der Waals surface area contributed by atoms with Gasteiger partial charge in [0.15, 0.2) is 0 Å². The van der Waals surface area contributed by atoms with E-state index in [9.17, 15) is 9.59 Å². The van der Waals surface area contributed by atoms with Gasteiger partial charge >= 0.3 is 0 Å². The van der Waals surface area contributed by atoms with Gasteiger partial charge in [-0.25, -0.2) is 0 Å². The second-order valence-corrected chi connectivity index (χ2v) is 7.43. The molecule has 0 radical (unpaired) electrons. The number of benzene rings is 1. The topological polar surface area (TPSA) is 80.3 Å². The van der Waals surface area contributed by atoms with Crippen molar-refractivity contribution in [1.82, 2.24) is 10.3 Å². The lowest BCUT2D eigenvalue weighted by Crippen LogP contribution is -2.18. The molecule has 0 saturated carbocycles. The summed E-state index contributed by atoms with van der Waals surface area (Å²) in [7, 11) is 1.54. The van der Waals surface area contributed by atoms with Crippen molar-refractivity contribution in [2.24, 2.45) is 0 Å². The van der Waals surface area contributed by atoms with E-state index in [1.165, 1.54) is 12.3 Å². The second kappa shape index (κ2) is 9.29. The van der Waals surface area contributed by atoms with Gasteiger partial charge in [0, 0.05) is 45.8 Å².